The molecule has 35 heavy (non-hydrogen) atoms. The quantitative estimate of drug-likeness (QED) is 0.298. The molecule has 0 aliphatic carbocycles. The number of thioether (sulfide) groups is 1. The average Bonchev–Trinajstić information content (AvgIpc) is 2.81. The summed E-state index contributed by atoms with van der Waals surface area (Å²) in [6.07, 6.45) is 0.346. The zero-order valence-electron chi connectivity index (χ0n) is 21.5. The molecule has 0 heterocycles. The number of sulfonamides is 1. The summed E-state index contributed by atoms with van der Waals surface area (Å²) in [5.74, 6) is 1.49. The number of methoxy groups -OCH3 is 1. The van der Waals surface area contributed by atoms with Gasteiger partial charge in [-0.15, -0.1) is 0 Å². The van der Waals surface area contributed by atoms with E-state index in [9.17, 15) is 13.2 Å². The highest BCUT2D eigenvalue weighted by Gasteiger charge is 2.36. The van der Waals surface area contributed by atoms with E-state index >= 15 is 0 Å². The fourth-order valence-electron chi connectivity index (χ4n) is 3.27. The average molecular weight is 523 g/mol. The molecule has 0 spiro atoms. The van der Waals surface area contributed by atoms with E-state index in [4.69, 9.17) is 9.57 Å². The molecule has 1 atom stereocenters. The third kappa shape index (κ3) is 9.48. The second-order valence-electron chi connectivity index (χ2n) is 9.67. The van der Waals surface area contributed by atoms with Crippen molar-refractivity contribution in [2.24, 2.45) is 5.92 Å². The van der Waals surface area contributed by atoms with Gasteiger partial charge < -0.3 is 4.74 Å². The predicted octanol–water partition coefficient (Wildman–Crippen LogP) is 4.88. The van der Waals surface area contributed by atoms with Crippen molar-refractivity contribution in [3.8, 4) is 5.75 Å². The van der Waals surface area contributed by atoms with Gasteiger partial charge in [0.1, 0.15) is 11.8 Å². The summed E-state index contributed by atoms with van der Waals surface area (Å²) in [5.41, 5.74) is 3.07. The molecule has 1 N–H and O–H groups in total. The molecule has 1 amide bonds. The fraction of sp³-hybridized carbons (Fsp3) is 0.500. The van der Waals surface area contributed by atoms with E-state index in [1.807, 2.05) is 65.0 Å². The Morgan fingerprint density at radius 3 is 2.23 bits per heavy atom. The van der Waals surface area contributed by atoms with E-state index in [0.29, 0.717) is 17.9 Å². The van der Waals surface area contributed by atoms with E-state index in [1.54, 1.807) is 23.9 Å². The molecule has 0 aromatic heterocycles. The van der Waals surface area contributed by atoms with Crippen molar-refractivity contribution in [2.75, 3.05) is 19.4 Å². The fourth-order valence-corrected chi connectivity index (χ4v) is 6.02. The van der Waals surface area contributed by atoms with Gasteiger partial charge in [-0.1, -0.05) is 44.2 Å². The summed E-state index contributed by atoms with van der Waals surface area (Å²) in [5, 5.41) is 0. The van der Waals surface area contributed by atoms with Crippen LogP contribution in [-0.2, 0) is 25.4 Å². The van der Waals surface area contributed by atoms with E-state index in [0.717, 1.165) is 5.75 Å². The van der Waals surface area contributed by atoms with E-state index in [1.165, 1.54) is 29.1 Å². The third-order valence-electron chi connectivity index (χ3n) is 4.97. The number of benzene rings is 2. The van der Waals surface area contributed by atoms with Crippen molar-refractivity contribution in [3.05, 3.63) is 60.2 Å². The number of rotatable bonds is 13. The minimum atomic E-state index is -3.96. The van der Waals surface area contributed by atoms with Crippen LogP contribution < -0.4 is 10.2 Å². The van der Waals surface area contributed by atoms with Crippen LogP contribution in [0.4, 0.5) is 0 Å². The van der Waals surface area contributed by atoms with Crippen molar-refractivity contribution >= 4 is 27.7 Å². The van der Waals surface area contributed by atoms with Gasteiger partial charge in [0.25, 0.3) is 5.91 Å². The van der Waals surface area contributed by atoms with Crippen LogP contribution in [-0.4, -0.2) is 49.7 Å². The molecule has 1 unspecified atom stereocenters. The number of carbonyl (C=O) groups excluding carboxylic acids is 1. The number of nitrogens with zero attached hydrogens (tertiary/aromatic N) is 1. The molecule has 2 rings (SSSR count). The van der Waals surface area contributed by atoms with Crippen LogP contribution in [0.25, 0.3) is 0 Å². The van der Waals surface area contributed by atoms with Crippen LogP contribution in [0.5, 0.6) is 5.75 Å². The smallest absolute Gasteiger partial charge is 0.262 e. The summed E-state index contributed by atoms with van der Waals surface area (Å²) >= 11 is 1.66. The van der Waals surface area contributed by atoms with E-state index in [2.05, 4.69) is 5.48 Å². The molecular weight excluding hydrogens is 484 g/mol. The summed E-state index contributed by atoms with van der Waals surface area (Å²) in [7, 11) is -2.43. The Labute approximate surface area is 214 Å². The van der Waals surface area contributed by atoms with Gasteiger partial charge >= 0.3 is 0 Å². The van der Waals surface area contributed by atoms with Crippen LogP contribution in [0, 0.1) is 5.92 Å². The molecular formula is C26H38N2O5S2. The number of ether oxygens (including phenoxy) is 1. The van der Waals surface area contributed by atoms with Gasteiger partial charge in [0, 0.05) is 12.3 Å². The van der Waals surface area contributed by atoms with Crippen molar-refractivity contribution in [1.29, 1.82) is 0 Å². The highest BCUT2D eigenvalue weighted by Crippen LogP contribution is 2.25. The van der Waals surface area contributed by atoms with Gasteiger partial charge in [-0.2, -0.15) is 16.1 Å². The minimum absolute atomic E-state index is 0.0128. The minimum Gasteiger partial charge on any atom is -0.497 e. The summed E-state index contributed by atoms with van der Waals surface area (Å²) in [6, 6.07) is 15.3. The Hall–Kier alpha value is -2.07. The standard InChI is InChI=1S/C26H38N2O5S2/c1-20(2)18-28(35(30,31)23-14-12-22(32-6)13-15-23)24(25(29)27-33-26(3,4)5)16-17-34-19-21-10-8-7-9-11-21/h7-15,20,24H,16-19H2,1-6H3,(H,27,29). The van der Waals surface area contributed by atoms with Gasteiger partial charge in [0.15, 0.2) is 0 Å². The van der Waals surface area contributed by atoms with Crippen molar-refractivity contribution < 1.29 is 22.8 Å². The zero-order valence-corrected chi connectivity index (χ0v) is 23.1. The molecule has 0 fully saturated rings. The van der Waals surface area contributed by atoms with Gasteiger partial charge in [-0.05, 0) is 68.7 Å². The summed E-state index contributed by atoms with van der Waals surface area (Å²) < 4.78 is 33.9. The number of amides is 1. The highest BCUT2D eigenvalue weighted by atomic mass is 32.2. The van der Waals surface area contributed by atoms with Gasteiger partial charge in [0.05, 0.1) is 17.6 Å². The summed E-state index contributed by atoms with van der Waals surface area (Å²) in [4.78, 5) is 18.9. The van der Waals surface area contributed by atoms with Crippen LogP contribution >= 0.6 is 11.8 Å². The maximum Gasteiger partial charge on any atom is 0.262 e. The maximum atomic E-state index is 13.7. The first-order valence-electron chi connectivity index (χ1n) is 11.7. The Morgan fingerprint density at radius 1 is 1.06 bits per heavy atom. The van der Waals surface area contributed by atoms with Crippen molar-refractivity contribution in [3.63, 3.8) is 0 Å². The molecule has 7 nitrogen and oxygen atoms in total. The molecule has 2 aromatic rings. The van der Waals surface area contributed by atoms with Gasteiger partial charge in [-0.25, -0.2) is 13.9 Å². The second-order valence-corrected chi connectivity index (χ2v) is 12.7. The lowest BCUT2D eigenvalue weighted by Crippen LogP contribution is -2.52. The third-order valence-corrected chi connectivity index (χ3v) is 7.92. The highest BCUT2D eigenvalue weighted by molar-refractivity contribution is 7.98. The molecule has 0 bridgehead atoms. The lowest BCUT2D eigenvalue weighted by molar-refractivity contribution is -0.149. The normalized spacial score (nSPS) is 13.1. The first kappa shape index (κ1) is 29.2. The van der Waals surface area contributed by atoms with Crippen LogP contribution in [0.3, 0.4) is 0 Å². The first-order chi connectivity index (χ1) is 16.4. The lowest BCUT2D eigenvalue weighted by atomic mass is 10.1. The predicted molar refractivity (Wildman–Crippen MR) is 142 cm³/mol. The number of hydroxylamine groups is 1. The number of carbonyl (C=O) groups is 1. The van der Waals surface area contributed by atoms with Gasteiger partial charge in [0.2, 0.25) is 10.0 Å². The largest absolute Gasteiger partial charge is 0.497 e. The maximum absolute atomic E-state index is 13.7. The topological polar surface area (TPSA) is 84.9 Å². The first-order valence-corrected chi connectivity index (χ1v) is 14.3. The molecule has 0 aliphatic rings. The monoisotopic (exact) mass is 522 g/mol. The SMILES string of the molecule is COc1ccc(S(=O)(=O)N(CC(C)C)C(CCSCc2ccccc2)C(=O)NOC(C)(C)C)cc1. The Morgan fingerprint density at radius 2 is 1.69 bits per heavy atom. The van der Waals surface area contributed by atoms with Crippen LogP contribution in [0.1, 0.15) is 46.6 Å². The van der Waals surface area contributed by atoms with E-state index in [-0.39, 0.29) is 17.4 Å². The van der Waals surface area contributed by atoms with Crippen molar-refractivity contribution in [2.45, 2.75) is 63.3 Å². The Balaban J connectivity index is 2.30. The molecule has 2 aromatic carbocycles. The number of hydrogen-bond donors (Lipinski definition) is 1. The Bertz CT molecular complexity index is 1020. The second kappa shape index (κ2) is 13.3. The van der Waals surface area contributed by atoms with Crippen LogP contribution in [0.2, 0.25) is 0 Å². The molecule has 194 valence electrons. The molecule has 0 saturated carbocycles. The number of hydrogen-bond acceptors (Lipinski definition) is 6. The van der Waals surface area contributed by atoms with E-state index < -0.39 is 27.6 Å². The molecule has 0 aliphatic heterocycles. The lowest BCUT2D eigenvalue weighted by Gasteiger charge is -2.32. The van der Waals surface area contributed by atoms with Crippen LogP contribution in [0.15, 0.2) is 59.5 Å². The molecule has 0 radical (unpaired) electrons. The number of nitrogens with one attached hydrogen (secondary N) is 1. The summed E-state index contributed by atoms with van der Waals surface area (Å²) in [6.45, 7) is 9.52. The van der Waals surface area contributed by atoms with Gasteiger partial charge in [-0.3, -0.25) is 9.63 Å². The van der Waals surface area contributed by atoms with Crippen molar-refractivity contribution in [1.82, 2.24) is 9.79 Å². The molecule has 9 heteroatoms. The Kier molecular flexibility index (Phi) is 11.1. The zero-order chi connectivity index (χ0) is 26.1. The molecule has 0 saturated heterocycles.